The average Bonchev–Trinajstić information content (AvgIpc) is 2.61. The topological polar surface area (TPSA) is 84.0 Å². The predicted molar refractivity (Wildman–Crippen MR) is 96.8 cm³/mol. The van der Waals surface area contributed by atoms with Gasteiger partial charge in [0.05, 0.1) is 16.9 Å². The van der Waals surface area contributed by atoms with Crippen molar-refractivity contribution >= 4 is 16.8 Å². The molecule has 7 heteroatoms. The minimum atomic E-state index is -0.536. The fourth-order valence-electron chi connectivity index (χ4n) is 2.87. The fourth-order valence-corrected chi connectivity index (χ4v) is 2.87. The third-order valence-electron chi connectivity index (χ3n) is 4.28. The van der Waals surface area contributed by atoms with Crippen LogP contribution in [0.3, 0.4) is 0 Å². The number of rotatable bonds is 4. The second-order valence-electron chi connectivity index (χ2n) is 5.96. The van der Waals surface area contributed by atoms with Crippen LogP contribution in [0.2, 0.25) is 0 Å². The number of H-pyrrole nitrogens is 1. The summed E-state index contributed by atoms with van der Waals surface area (Å²) in [6.07, 6.45) is 0. The van der Waals surface area contributed by atoms with E-state index in [4.69, 9.17) is 0 Å². The normalized spacial score (nSPS) is 12.1. The Labute approximate surface area is 148 Å². The van der Waals surface area contributed by atoms with E-state index in [1.165, 1.54) is 24.3 Å². The van der Waals surface area contributed by atoms with E-state index in [2.05, 4.69) is 10.3 Å². The van der Waals surface area contributed by atoms with Gasteiger partial charge in [0.15, 0.2) is 0 Å². The smallest absolute Gasteiger partial charge is 0.328 e. The quantitative estimate of drug-likeness (QED) is 0.753. The highest BCUT2D eigenvalue weighted by atomic mass is 19.1. The van der Waals surface area contributed by atoms with E-state index in [-0.39, 0.29) is 17.6 Å². The summed E-state index contributed by atoms with van der Waals surface area (Å²) >= 11 is 0. The number of nitrogens with zero attached hydrogens (tertiary/aromatic N) is 1. The summed E-state index contributed by atoms with van der Waals surface area (Å²) in [5.74, 6) is -0.827. The monoisotopic (exact) mass is 355 g/mol. The molecule has 0 spiro atoms. The molecular weight excluding hydrogens is 337 g/mol. The molecule has 1 amide bonds. The van der Waals surface area contributed by atoms with E-state index >= 15 is 0 Å². The molecule has 3 aromatic rings. The van der Waals surface area contributed by atoms with Crippen LogP contribution in [0.4, 0.5) is 4.39 Å². The van der Waals surface area contributed by atoms with Gasteiger partial charge in [0.25, 0.3) is 11.5 Å². The molecule has 0 saturated heterocycles. The third-order valence-corrected chi connectivity index (χ3v) is 4.28. The lowest BCUT2D eigenvalue weighted by Crippen LogP contribution is -2.34. The zero-order chi connectivity index (χ0) is 18.8. The van der Waals surface area contributed by atoms with Gasteiger partial charge in [-0.25, -0.2) is 9.18 Å². The van der Waals surface area contributed by atoms with Crippen molar-refractivity contribution in [2.24, 2.45) is 0 Å². The molecule has 0 radical (unpaired) electrons. The Hall–Kier alpha value is -3.22. The lowest BCUT2D eigenvalue weighted by Gasteiger charge is -2.15. The van der Waals surface area contributed by atoms with Gasteiger partial charge in [-0.15, -0.1) is 0 Å². The van der Waals surface area contributed by atoms with Gasteiger partial charge in [0.1, 0.15) is 5.82 Å². The summed E-state index contributed by atoms with van der Waals surface area (Å²) in [5, 5.41) is 3.04. The SMILES string of the molecule is CCn1c(=O)[nH]c2cc(C(=O)NC(C)c3ccccc3F)ccc2c1=O. The number of hydrogen-bond donors (Lipinski definition) is 2. The van der Waals surface area contributed by atoms with Crippen molar-refractivity contribution in [3.05, 3.63) is 80.2 Å². The first kappa shape index (κ1) is 17.6. The van der Waals surface area contributed by atoms with Crippen molar-refractivity contribution in [1.82, 2.24) is 14.9 Å². The summed E-state index contributed by atoms with van der Waals surface area (Å²) in [6.45, 7) is 3.64. The van der Waals surface area contributed by atoms with E-state index in [0.29, 0.717) is 10.9 Å². The first-order valence-electron chi connectivity index (χ1n) is 8.24. The van der Waals surface area contributed by atoms with Gasteiger partial charge in [-0.1, -0.05) is 18.2 Å². The number of hydrogen-bond acceptors (Lipinski definition) is 3. The van der Waals surface area contributed by atoms with E-state index in [9.17, 15) is 18.8 Å². The maximum atomic E-state index is 13.8. The molecule has 0 saturated carbocycles. The number of carbonyl (C=O) groups excluding carboxylic acids is 1. The molecule has 0 aliphatic rings. The predicted octanol–water partition coefficient (Wildman–Crippen LogP) is 2.34. The second kappa shape index (κ2) is 6.95. The van der Waals surface area contributed by atoms with Crippen LogP contribution in [-0.2, 0) is 6.54 Å². The molecule has 1 heterocycles. The standard InChI is InChI=1S/C19H18FN3O3/c1-3-23-18(25)14-9-8-12(10-16(14)22-19(23)26)17(24)21-11(2)13-6-4-5-7-15(13)20/h4-11H,3H2,1-2H3,(H,21,24)(H,22,26). The van der Waals surface area contributed by atoms with Gasteiger partial charge >= 0.3 is 5.69 Å². The minimum absolute atomic E-state index is 0.256. The summed E-state index contributed by atoms with van der Waals surface area (Å²) < 4.78 is 14.9. The molecule has 1 aromatic heterocycles. The van der Waals surface area contributed by atoms with Crippen LogP contribution in [-0.4, -0.2) is 15.5 Å². The maximum absolute atomic E-state index is 13.8. The minimum Gasteiger partial charge on any atom is -0.345 e. The van der Waals surface area contributed by atoms with Crippen LogP contribution in [0.5, 0.6) is 0 Å². The largest absolute Gasteiger partial charge is 0.345 e. The van der Waals surface area contributed by atoms with Crippen molar-refractivity contribution in [1.29, 1.82) is 0 Å². The number of aromatic nitrogens is 2. The molecule has 2 N–H and O–H groups in total. The highest BCUT2D eigenvalue weighted by molar-refractivity contribution is 5.97. The molecule has 0 bridgehead atoms. The Morgan fingerprint density at radius 2 is 1.96 bits per heavy atom. The molecular formula is C19H18FN3O3. The Bertz CT molecular complexity index is 1100. The van der Waals surface area contributed by atoms with Gasteiger partial charge in [0, 0.05) is 17.7 Å². The molecule has 0 aliphatic heterocycles. The van der Waals surface area contributed by atoms with Crippen LogP contribution < -0.4 is 16.6 Å². The van der Waals surface area contributed by atoms with Crippen LogP contribution >= 0.6 is 0 Å². The zero-order valence-corrected chi connectivity index (χ0v) is 14.4. The van der Waals surface area contributed by atoms with E-state index < -0.39 is 29.0 Å². The highest BCUT2D eigenvalue weighted by Gasteiger charge is 2.15. The molecule has 1 atom stereocenters. The number of carbonyl (C=O) groups is 1. The Morgan fingerprint density at radius 1 is 1.23 bits per heavy atom. The van der Waals surface area contributed by atoms with Crippen molar-refractivity contribution in [2.75, 3.05) is 0 Å². The Kier molecular flexibility index (Phi) is 4.71. The lowest BCUT2D eigenvalue weighted by molar-refractivity contribution is 0.0939. The van der Waals surface area contributed by atoms with Crippen molar-refractivity contribution in [2.45, 2.75) is 26.4 Å². The summed E-state index contributed by atoms with van der Waals surface area (Å²) in [6, 6.07) is 10.1. The Morgan fingerprint density at radius 3 is 2.65 bits per heavy atom. The molecule has 0 aliphatic carbocycles. The first-order valence-corrected chi connectivity index (χ1v) is 8.24. The van der Waals surface area contributed by atoms with Crippen molar-refractivity contribution < 1.29 is 9.18 Å². The first-order chi connectivity index (χ1) is 12.4. The third kappa shape index (κ3) is 3.15. The van der Waals surface area contributed by atoms with E-state index in [1.807, 2.05) is 0 Å². The fraction of sp³-hybridized carbons (Fsp3) is 0.211. The number of benzene rings is 2. The highest BCUT2D eigenvalue weighted by Crippen LogP contribution is 2.17. The maximum Gasteiger partial charge on any atom is 0.328 e. The number of halogens is 1. The average molecular weight is 355 g/mol. The van der Waals surface area contributed by atoms with Crippen LogP contribution in [0.15, 0.2) is 52.1 Å². The van der Waals surface area contributed by atoms with Gasteiger partial charge in [-0.2, -0.15) is 0 Å². The number of nitrogens with one attached hydrogen (secondary N) is 2. The van der Waals surface area contributed by atoms with Gasteiger partial charge in [0.2, 0.25) is 0 Å². The number of aromatic amines is 1. The number of fused-ring (bicyclic) bond motifs is 1. The van der Waals surface area contributed by atoms with E-state index in [0.717, 1.165) is 4.57 Å². The summed E-state index contributed by atoms with van der Waals surface area (Å²) in [5.41, 5.74) is 0.00183. The summed E-state index contributed by atoms with van der Waals surface area (Å²) in [7, 11) is 0. The van der Waals surface area contributed by atoms with Gasteiger partial charge in [-0.3, -0.25) is 14.2 Å². The molecule has 3 rings (SSSR count). The lowest BCUT2D eigenvalue weighted by atomic mass is 10.1. The zero-order valence-electron chi connectivity index (χ0n) is 14.4. The van der Waals surface area contributed by atoms with Crippen LogP contribution in [0.1, 0.15) is 35.8 Å². The molecule has 6 nitrogen and oxygen atoms in total. The van der Waals surface area contributed by atoms with Gasteiger partial charge in [-0.05, 0) is 38.1 Å². The van der Waals surface area contributed by atoms with Crippen LogP contribution in [0.25, 0.3) is 10.9 Å². The number of amides is 1. The summed E-state index contributed by atoms with van der Waals surface area (Å²) in [4.78, 5) is 39.3. The molecule has 1 unspecified atom stereocenters. The van der Waals surface area contributed by atoms with Crippen LogP contribution in [0, 0.1) is 5.82 Å². The molecule has 0 fully saturated rings. The second-order valence-corrected chi connectivity index (χ2v) is 5.96. The molecule has 134 valence electrons. The van der Waals surface area contributed by atoms with E-state index in [1.54, 1.807) is 32.0 Å². The molecule has 26 heavy (non-hydrogen) atoms. The van der Waals surface area contributed by atoms with Crippen molar-refractivity contribution in [3.8, 4) is 0 Å². The molecule has 2 aromatic carbocycles. The van der Waals surface area contributed by atoms with Crippen molar-refractivity contribution in [3.63, 3.8) is 0 Å². The Balaban J connectivity index is 1.93. The van der Waals surface area contributed by atoms with Gasteiger partial charge < -0.3 is 10.3 Å².